The van der Waals surface area contributed by atoms with Crippen LogP contribution in [0.5, 0.6) is 11.5 Å². The largest absolute Gasteiger partial charge is 0.493 e. The molecule has 0 aromatic heterocycles. The fourth-order valence-electron chi connectivity index (χ4n) is 3.42. The maximum Gasteiger partial charge on any atom is 0.416 e. The predicted molar refractivity (Wildman–Crippen MR) is 106 cm³/mol. The fourth-order valence-corrected chi connectivity index (χ4v) is 3.42. The van der Waals surface area contributed by atoms with Gasteiger partial charge in [-0.05, 0) is 30.3 Å². The standard InChI is InChI=1S/C20H20F3N3O5/c1-30-17-6-3-13(11-18(17)31-2)19(27)25-9-7-24(8-10-25)15-5-4-14(20(21,22)23)12-16(15)26(28)29/h3-6,11-12H,7-10H2,1-2H3. The average molecular weight is 439 g/mol. The second-order valence-corrected chi connectivity index (χ2v) is 6.81. The Labute approximate surface area is 175 Å². The molecular formula is C20H20F3N3O5. The number of benzene rings is 2. The van der Waals surface area contributed by atoms with Crippen LogP contribution in [-0.2, 0) is 6.18 Å². The number of ether oxygens (including phenoxy) is 2. The SMILES string of the molecule is COc1ccc(C(=O)N2CCN(c3ccc(C(F)(F)F)cc3[N+](=O)[O-])CC2)cc1OC. The van der Waals surface area contributed by atoms with Gasteiger partial charge in [-0.3, -0.25) is 14.9 Å². The summed E-state index contributed by atoms with van der Waals surface area (Å²) in [4.78, 5) is 26.5. The number of hydrogen-bond donors (Lipinski definition) is 0. The van der Waals surface area contributed by atoms with E-state index in [-0.39, 0.29) is 37.8 Å². The molecule has 1 amide bonds. The first-order chi connectivity index (χ1) is 14.7. The summed E-state index contributed by atoms with van der Waals surface area (Å²) >= 11 is 0. The van der Waals surface area contributed by atoms with Gasteiger partial charge in [-0.15, -0.1) is 0 Å². The summed E-state index contributed by atoms with van der Waals surface area (Å²) in [5.41, 5.74) is -1.21. The van der Waals surface area contributed by atoms with Gasteiger partial charge in [-0.25, -0.2) is 0 Å². The zero-order chi connectivity index (χ0) is 22.8. The van der Waals surface area contributed by atoms with Gasteiger partial charge in [-0.2, -0.15) is 13.2 Å². The van der Waals surface area contributed by atoms with Crippen LogP contribution in [0.1, 0.15) is 15.9 Å². The van der Waals surface area contributed by atoms with Gasteiger partial charge < -0.3 is 19.3 Å². The van der Waals surface area contributed by atoms with Gasteiger partial charge in [0.1, 0.15) is 5.69 Å². The number of halogens is 3. The number of hydrogen-bond acceptors (Lipinski definition) is 6. The van der Waals surface area contributed by atoms with Crippen LogP contribution >= 0.6 is 0 Å². The molecule has 3 rings (SSSR count). The molecule has 0 saturated carbocycles. The van der Waals surface area contributed by atoms with Crippen LogP contribution in [0, 0.1) is 10.1 Å². The van der Waals surface area contributed by atoms with Crippen molar-refractivity contribution in [2.24, 2.45) is 0 Å². The second kappa shape index (κ2) is 8.70. The molecule has 2 aromatic carbocycles. The first-order valence-electron chi connectivity index (χ1n) is 9.27. The van der Waals surface area contributed by atoms with Crippen LogP contribution in [-0.4, -0.2) is 56.1 Å². The van der Waals surface area contributed by atoms with Gasteiger partial charge in [0, 0.05) is 37.8 Å². The van der Waals surface area contributed by atoms with E-state index in [1.807, 2.05) is 0 Å². The van der Waals surface area contributed by atoms with Crippen LogP contribution < -0.4 is 14.4 Å². The van der Waals surface area contributed by atoms with E-state index in [0.717, 1.165) is 12.1 Å². The molecule has 0 spiro atoms. The van der Waals surface area contributed by atoms with Crippen molar-refractivity contribution in [1.82, 2.24) is 4.90 Å². The van der Waals surface area contributed by atoms with Gasteiger partial charge in [0.25, 0.3) is 11.6 Å². The number of nitrogens with zero attached hydrogens (tertiary/aromatic N) is 3. The van der Waals surface area contributed by atoms with Crippen molar-refractivity contribution in [3.63, 3.8) is 0 Å². The van der Waals surface area contributed by atoms with Gasteiger partial charge in [-0.1, -0.05) is 0 Å². The van der Waals surface area contributed by atoms with Crippen molar-refractivity contribution in [2.45, 2.75) is 6.18 Å². The van der Waals surface area contributed by atoms with E-state index in [2.05, 4.69) is 0 Å². The smallest absolute Gasteiger partial charge is 0.416 e. The summed E-state index contributed by atoms with van der Waals surface area (Å²) in [6.07, 6.45) is -4.67. The van der Waals surface area contributed by atoms with Crippen molar-refractivity contribution in [3.8, 4) is 11.5 Å². The van der Waals surface area contributed by atoms with E-state index in [4.69, 9.17) is 9.47 Å². The summed E-state index contributed by atoms with van der Waals surface area (Å²) in [6.45, 7) is 0.993. The van der Waals surface area contributed by atoms with Crippen LogP contribution in [0.2, 0.25) is 0 Å². The molecular weight excluding hydrogens is 419 g/mol. The van der Waals surface area contributed by atoms with Crippen molar-refractivity contribution in [3.05, 3.63) is 57.6 Å². The van der Waals surface area contributed by atoms with E-state index in [1.165, 1.54) is 14.2 Å². The number of nitro benzene ring substituents is 1. The summed E-state index contributed by atoms with van der Waals surface area (Å²) < 4.78 is 49.1. The fraction of sp³-hybridized carbons (Fsp3) is 0.350. The maximum atomic E-state index is 12.9. The van der Waals surface area contributed by atoms with E-state index in [0.29, 0.717) is 23.1 Å². The second-order valence-electron chi connectivity index (χ2n) is 6.81. The molecule has 1 saturated heterocycles. The highest BCUT2D eigenvalue weighted by Crippen LogP contribution is 2.37. The first kappa shape index (κ1) is 22.2. The molecule has 31 heavy (non-hydrogen) atoms. The monoisotopic (exact) mass is 439 g/mol. The molecule has 0 radical (unpaired) electrons. The lowest BCUT2D eigenvalue weighted by Gasteiger charge is -2.36. The van der Waals surface area contributed by atoms with Crippen LogP contribution in [0.25, 0.3) is 0 Å². The number of methoxy groups -OCH3 is 2. The Kier molecular flexibility index (Phi) is 6.23. The van der Waals surface area contributed by atoms with E-state index in [1.54, 1.807) is 28.0 Å². The lowest BCUT2D eigenvalue weighted by Crippen LogP contribution is -2.49. The number of carbonyl (C=O) groups excluding carboxylic acids is 1. The molecule has 11 heteroatoms. The molecule has 1 heterocycles. The van der Waals surface area contributed by atoms with Crippen molar-refractivity contribution in [2.75, 3.05) is 45.3 Å². The number of alkyl halides is 3. The number of carbonyl (C=O) groups is 1. The summed E-state index contributed by atoms with van der Waals surface area (Å²) in [5, 5.41) is 11.3. The summed E-state index contributed by atoms with van der Waals surface area (Å²) in [7, 11) is 2.95. The Morgan fingerprint density at radius 2 is 1.65 bits per heavy atom. The summed E-state index contributed by atoms with van der Waals surface area (Å²) in [6, 6.07) is 7.26. The minimum absolute atomic E-state index is 0.0937. The molecule has 0 aliphatic carbocycles. The highest BCUT2D eigenvalue weighted by molar-refractivity contribution is 5.95. The van der Waals surface area contributed by atoms with E-state index >= 15 is 0 Å². The van der Waals surface area contributed by atoms with Crippen LogP contribution in [0.3, 0.4) is 0 Å². The topological polar surface area (TPSA) is 85.2 Å². The molecule has 2 aromatic rings. The Morgan fingerprint density at radius 3 is 2.19 bits per heavy atom. The molecule has 0 atom stereocenters. The molecule has 1 aliphatic heterocycles. The Bertz CT molecular complexity index is 989. The third-order valence-electron chi connectivity index (χ3n) is 5.04. The third-order valence-corrected chi connectivity index (χ3v) is 5.04. The van der Waals surface area contributed by atoms with Gasteiger partial charge >= 0.3 is 6.18 Å². The van der Waals surface area contributed by atoms with Gasteiger partial charge in [0.15, 0.2) is 11.5 Å². The molecule has 0 unspecified atom stereocenters. The van der Waals surface area contributed by atoms with Crippen LogP contribution in [0.4, 0.5) is 24.5 Å². The van der Waals surface area contributed by atoms with Crippen molar-refractivity contribution < 1.29 is 32.4 Å². The van der Waals surface area contributed by atoms with E-state index < -0.39 is 22.4 Å². The molecule has 8 nitrogen and oxygen atoms in total. The predicted octanol–water partition coefficient (Wildman–Crippen LogP) is 3.59. The summed E-state index contributed by atoms with van der Waals surface area (Å²) in [5.74, 6) is 0.647. The normalized spacial score (nSPS) is 14.4. The van der Waals surface area contributed by atoms with E-state index in [9.17, 15) is 28.1 Å². The molecule has 166 valence electrons. The number of anilines is 1. The number of rotatable bonds is 5. The molecule has 0 bridgehead atoms. The lowest BCUT2D eigenvalue weighted by atomic mass is 10.1. The third kappa shape index (κ3) is 4.65. The molecule has 1 fully saturated rings. The molecule has 1 aliphatic rings. The zero-order valence-electron chi connectivity index (χ0n) is 16.8. The first-order valence-corrected chi connectivity index (χ1v) is 9.27. The minimum atomic E-state index is -4.67. The lowest BCUT2D eigenvalue weighted by molar-refractivity contribution is -0.384. The zero-order valence-corrected chi connectivity index (χ0v) is 16.8. The van der Waals surface area contributed by atoms with Crippen LogP contribution in [0.15, 0.2) is 36.4 Å². The van der Waals surface area contributed by atoms with Crippen molar-refractivity contribution >= 4 is 17.3 Å². The number of piperazine rings is 1. The van der Waals surface area contributed by atoms with Crippen molar-refractivity contribution in [1.29, 1.82) is 0 Å². The Hall–Kier alpha value is -3.50. The van der Waals surface area contributed by atoms with Gasteiger partial charge in [0.2, 0.25) is 0 Å². The highest BCUT2D eigenvalue weighted by atomic mass is 19.4. The number of nitro groups is 1. The Morgan fingerprint density at radius 1 is 1.00 bits per heavy atom. The quantitative estimate of drug-likeness (QED) is 0.523. The number of amides is 1. The Balaban J connectivity index is 1.75. The maximum absolute atomic E-state index is 12.9. The minimum Gasteiger partial charge on any atom is -0.493 e. The van der Waals surface area contributed by atoms with Gasteiger partial charge in [0.05, 0.1) is 24.7 Å². The molecule has 0 N–H and O–H groups in total. The average Bonchev–Trinajstić information content (AvgIpc) is 2.77. The highest BCUT2D eigenvalue weighted by Gasteiger charge is 2.34.